The summed E-state index contributed by atoms with van der Waals surface area (Å²) in [6.45, 7) is 7.38. The van der Waals surface area contributed by atoms with Crippen molar-refractivity contribution in [3.05, 3.63) is 59.8 Å². The average molecular weight is 363 g/mol. The third-order valence-electron chi connectivity index (χ3n) is 5.13. The Kier molecular flexibility index (Phi) is 4.00. The number of aryl methyl sites for hydroxylation is 1. The zero-order valence-electron chi connectivity index (χ0n) is 14.9. The van der Waals surface area contributed by atoms with Gasteiger partial charge in [0.05, 0.1) is 21.6 Å². The average Bonchev–Trinajstić information content (AvgIpc) is 3.19. The quantitative estimate of drug-likeness (QED) is 0.599. The summed E-state index contributed by atoms with van der Waals surface area (Å²) in [4.78, 5) is 8.68. The van der Waals surface area contributed by atoms with Crippen molar-refractivity contribution >= 4 is 26.5 Å². The number of fused-ring (bicyclic) bond motifs is 3. The van der Waals surface area contributed by atoms with Crippen LogP contribution in [0, 0.1) is 6.92 Å². The van der Waals surface area contributed by atoms with Crippen molar-refractivity contribution in [2.45, 2.75) is 13.5 Å². The number of nitrogens with zero attached hydrogens (tertiary/aromatic N) is 3. The van der Waals surface area contributed by atoms with E-state index in [1.807, 2.05) is 0 Å². The Labute approximate surface area is 157 Å². The van der Waals surface area contributed by atoms with E-state index in [1.165, 1.54) is 27.0 Å². The summed E-state index contributed by atoms with van der Waals surface area (Å²) in [5, 5.41) is 3.45. The first-order chi connectivity index (χ1) is 12.8. The number of hydrogen-bond donors (Lipinski definition) is 1. The van der Waals surface area contributed by atoms with Crippen LogP contribution < -0.4 is 5.32 Å². The van der Waals surface area contributed by atoms with Crippen LogP contribution in [0.2, 0.25) is 0 Å². The van der Waals surface area contributed by atoms with E-state index in [1.54, 1.807) is 11.3 Å². The van der Waals surface area contributed by atoms with E-state index in [2.05, 4.69) is 70.1 Å². The molecule has 3 heterocycles. The number of piperazine rings is 1. The highest BCUT2D eigenvalue weighted by Gasteiger charge is 2.21. The number of nitrogens with one attached hydrogen (secondary N) is 1. The second-order valence-corrected chi connectivity index (χ2v) is 8.00. The molecule has 2 aromatic heterocycles. The molecule has 1 fully saturated rings. The highest BCUT2D eigenvalue weighted by Crippen LogP contribution is 2.34. The molecule has 1 N–H and O–H groups in total. The fourth-order valence-electron chi connectivity index (χ4n) is 3.79. The van der Waals surface area contributed by atoms with E-state index in [-0.39, 0.29) is 0 Å². The molecule has 0 radical (unpaired) electrons. The minimum absolute atomic E-state index is 0.937. The van der Waals surface area contributed by atoms with Gasteiger partial charge in [0.15, 0.2) is 4.96 Å². The van der Waals surface area contributed by atoms with Crippen molar-refractivity contribution in [2.75, 3.05) is 26.2 Å². The molecular formula is C21H22N4S. The van der Waals surface area contributed by atoms with Gasteiger partial charge in [-0.2, -0.15) is 0 Å². The largest absolute Gasteiger partial charge is 0.314 e. The summed E-state index contributed by atoms with van der Waals surface area (Å²) in [6.07, 6.45) is 0. The molecule has 0 bridgehead atoms. The van der Waals surface area contributed by atoms with Crippen molar-refractivity contribution in [3.8, 4) is 11.3 Å². The lowest BCUT2D eigenvalue weighted by Crippen LogP contribution is -2.43. The minimum atomic E-state index is 0.937. The lowest BCUT2D eigenvalue weighted by Gasteiger charge is -2.27. The Balaban J connectivity index is 1.71. The highest BCUT2D eigenvalue weighted by molar-refractivity contribution is 7.23. The van der Waals surface area contributed by atoms with Gasteiger partial charge in [0, 0.05) is 38.3 Å². The monoisotopic (exact) mass is 362 g/mol. The molecule has 0 unspecified atom stereocenters. The Morgan fingerprint density at radius 3 is 2.69 bits per heavy atom. The van der Waals surface area contributed by atoms with Gasteiger partial charge < -0.3 is 5.32 Å². The summed E-state index contributed by atoms with van der Waals surface area (Å²) in [5.74, 6) is 0. The van der Waals surface area contributed by atoms with Gasteiger partial charge in [0.25, 0.3) is 0 Å². The summed E-state index contributed by atoms with van der Waals surface area (Å²) < 4.78 is 3.69. The maximum Gasteiger partial charge on any atom is 0.195 e. The molecule has 4 nitrogen and oxygen atoms in total. The van der Waals surface area contributed by atoms with Gasteiger partial charge in [-0.15, -0.1) is 0 Å². The van der Waals surface area contributed by atoms with Crippen LogP contribution in [0.1, 0.15) is 11.3 Å². The van der Waals surface area contributed by atoms with Crippen molar-refractivity contribution in [2.24, 2.45) is 0 Å². The number of hydrogen-bond acceptors (Lipinski definition) is 4. The molecule has 26 heavy (non-hydrogen) atoms. The molecule has 0 spiro atoms. The standard InChI is InChI=1S/C21H22N4S/c1-15-7-8-17-19(13-15)26-21-23-20(16-5-3-2-4-6-16)18(25(17)21)14-24-11-9-22-10-12-24/h2-8,13,22H,9-12,14H2,1H3. The van der Waals surface area contributed by atoms with E-state index in [9.17, 15) is 0 Å². The molecule has 2 aromatic carbocycles. The summed E-state index contributed by atoms with van der Waals surface area (Å²) in [7, 11) is 0. The highest BCUT2D eigenvalue weighted by atomic mass is 32.1. The molecular weight excluding hydrogens is 340 g/mol. The molecule has 132 valence electrons. The molecule has 1 aliphatic heterocycles. The molecule has 5 rings (SSSR count). The van der Waals surface area contributed by atoms with Gasteiger partial charge in [-0.05, 0) is 24.6 Å². The van der Waals surface area contributed by atoms with Crippen LogP contribution in [0.3, 0.4) is 0 Å². The van der Waals surface area contributed by atoms with E-state index in [0.29, 0.717) is 0 Å². The summed E-state index contributed by atoms with van der Waals surface area (Å²) >= 11 is 1.79. The van der Waals surface area contributed by atoms with Gasteiger partial charge in [0.2, 0.25) is 0 Å². The second-order valence-electron chi connectivity index (χ2n) is 6.99. The number of rotatable bonds is 3. The number of benzene rings is 2. The van der Waals surface area contributed by atoms with Crippen molar-refractivity contribution in [1.82, 2.24) is 19.6 Å². The maximum absolute atomic E-state index is 5.05. The smallest absolute Gasteiger partial charge is 0.195 e. The zero-order valence-corrected chi connectivity index (χ0v) is 15.7. The minimum Gasteiger partial charge on any atom is -0.314 e. The molecule has 1 aliphatic rings. The predicted octanol–water partition coefficient (Wildman–Crippen LogP) is 3.93. The van der Waals surface area contributed by atoms with Gasteiger partial charge in [-0.25, -0.2) is 4.98 Å². The van der Waals surface area contributed by atoms with Crippen molar-refractivity contribution in [3.63, 3.8) is 0 Å². The van der Waals surface area contributed by atoms with E-state index >= 15 is 0 Å². The van der Waals surface area contributed by atoms with E-state index in [4.69, 9.17) is 4.98 Å². The SMILES string of the molecule is Cc1ccc2c(c1)sc1nc(-c3ccccc3)c(CN3CCNCC3)n12. The first-order valence-electron chi connectivity index (χ1n) is 9.18. The summed E-state index contributed by atoms with van der Waals surface area (Å²) in [6, 6.07) is 17.3. The van der Waals surface area contributed by atoms with Crippen molar-refractivity contribution in [1.29, 1.82) is 0 Å². The number of imidazole rings is 1. The van der Waals surface area contributed by atoms with Gasteiger partial charge in [0.1, 0.15) is 0 Å². The lowest BCUT2D eigenvalue weighted by atomic mass is 10.1. The lowest BCUT2D eigenvalue weighted by molar-refractivity contribution is 0.231. The molecule has 4 aromatic rings. The van der Waals surface area contributed by atoms with E-state index in [0.717, 1.165) is 43.4 Å². The predicted molar refractivity (Wildman–Crippen MR) is 109 cm³/mol. The summed E-state index contributed by atoms with van der Waals surface area (Å²) in [5.41, 5.74) is 6.21. The van der Waals surface area contributed by atoms with Crippen LogP contribution in [-0.4, -0.2) is 40.5 Å². The van der Waals surface area contributed by atoms with Crippen LogP contribution >= 0.6 is 11.3 Å². The van der Waals surface area contributed by atoms with Crippen LogP contribution in [0.15, 0.2) is 48.5 Å². The number of thiazole rings is 1. The third kappa shape index (κ3) is 2.72. The third-order valence-corrected chi connectivity index (χ3v) is 6.13. The van der Waals surface area contributed by atoms with Crippen LogP contribution in [0.5, 0.6) is 0 Å². The fraction of sp³-hybridized carbons (Fsp3) is 0.286. The molecule has 0 saturated carbocycles. The van der Waals surface area contributed by atoms with Crippen molar-refractivity contribution < 1.29 is 0 Å². The first-order valence-corrected chi connectivity index (χ1v) is 10.0. The maximum atomic E-state index is 5.05. The zero-order chi connectivity index (χ0) is 17.5. The molecule has 0 atom stereocenters. The Morgan fingerprint density at radius 2 is 1.88 bits per heavy atom. The Bertz CT molecular complexity index is 1060. The van der Waals surface area contributed by atoms with Gasteiger partial charge in [-0.1, -0.05) is 47.7 Å². The molecule has 1 saturated heterocycles. The van der Waals surface area contributed by atoms with Crippen LogP contribution in [0.25, 0.3) is 26.4 Å². The normalized spacial score (nSPS) is 15.9. The van der Waals surface area contributed by atoms with Crippen LogP contribution in [-0.2, 0) is 6.54 Å². The second kappa shape index (κ2) is 6.50. The van der Waals surface area contributed by atoms with Crippen LogP contribution in [0.4, 0.5) is 0 Å². The Morgan fingerprint density at radius 1 is 1.08 bits per heavy atom. The Hall–Kier alpha value is -2.21. The van der Waals surface area contributed by atoms with Gasteiger partial charge in [-0.3, -0.25) is 9.30 Å². The first kappa shape index (κ1) is 16.0. The fourth-order valence-corrected chi connectivity index (χ4v) is 4.93. The topological polar surface area (TPSA) is 32.6 Å². The molecule has 0 amide bonds. The van der Waals surface area contributed by atoms with E-state index < -0.39 is 0 Å². The number of aromatic nitrogens is 2. The molecule has 5 heteroatoms. The van der Waals surface area contributed by atoms with Gasteiger partial charge >= 0.3 is 0 Å². The molecule has 0 aliphatic carbocycles.